The minimum absolute atomic E-state index is 0.0659. The summed E-state index contributed by atoms with van der Waals surface area (Å²) in [6.07, 6.45) is -6.78. The molecule has 2 saturated heterocycles. The molecule has 174 valence electrons. The van der Waals surface area contributed by atoms with Crippen molar-refractivity contribution >= 4 is 5.97 Å². The molecular formula is C20H24F5NO5. The first-order chi connectivity index (χ1) is 14.5. The maximum Gasteiger partial charge on any atom is 0.417 e. The van der Waals surface area contributed by atoms with E-state index in [9.17, 15) is 31.9 Å². The Morgan fingerprint density at radius 2 is 1.94 bits per heavy atom. The molecule has 4 atom stereocenters. The number of ether oxygens (including phenoxy) is 3. The van der Waals surface area contributed by atoms with Crippen molar-refractivity contribution in [1.29, 1.82) is 0 Å². The number of carbonyl (C=O) groups is 1. The van der Waals surface area contributed by atoms with Crippen LogP contribution in [0.15, 0.2) is 12.1 Å². The van der Waals surface area contributed by atoms with E-state index in [4.69, 9.17) is 14.2 Å². The molecule has 1 N–H and O–H groups in total. The number of carboxylic acid groups (broad SMARTS) is 1. The molecule has 6 nitrogen and oxygen atoms in total. The summed E-state index contributed by atoms with van der Waals surface area (Å²) in [5, 5.41) is 9.50. The van der Waals surface area contributed by atoms with Gasteiger partial charge in [0.25, 0.3) is 0 Å². The number of alkyl halides is 3. The van der Waals surface area contributed by atoms with Gasteiger partial charge >= 0.3 is 12.1 Å². The predicted octanol–water partition coefficient (Wildman–Crippen LogP) is 3.20. The zero-order valence-corrected chi connectivity index (χ0v) is 17.0. The van der Waals surface area contributed by atoms with E-state index in [0.29, 0.717) is 32.8 Å². The Hall–Kier alpha value is -1.98. The van der Waals surface area contributed by atoms with Crippen molar-refractivity contribution in [2.24, 2.45) is 5.92 Å². The van der Waals surface area contributed by atoms with E-state index in [1.54, 1.807) is 0 Å². The first kappa shape index (κ1) is 23.7. The number of nitrogens with zero attached hydrogens (tertiary/aromatic N) is 1. The molecule has 1 aromatic rings. The van der Waals surface area contributed by atoms with Crippen LogP contribution in [0.4, 0.5) is 22.0 Å². The number of hydrogen-bond acceptors (Lipinski definition) is 5. The highest BCUT2D eigenvalue weighted by Crippen LogP contribution is 2.54. The van der Waals surface area contributed by atoms with E-state index in [0.717, 1.165) is 19.1 Å². The number of carboxylic acids is 1. The fourth-order valence-electron chi connectivity index (χ4n) is 4.07. The van der Waals surface area contributed by atoms with Gasteiger partial charge in [0.05, 0.1) is 13.2 Å². The molecule has 0 radical (unpaired) electrons. The van der Waals surface area contributed by atoms with Crippen LogP contribution in [-0.2, 0) is 14.3 Å². The molecule has 2 fully saturated rings. The normalized spacial score (nSPS) is 29.8. The van der Waals surface area contributed by atoms with Crippen LogP contribution in [0.25, 0.3) is 0 Å². The molecule has 3 rings (SSSR count). The molecule has 11 heteroatoms. The van der Waals surface area contributed by atoms with E-state index in [2.05, 4.69) is 0 Å². The molecule has 0 spiro atoms. The van der Waals surface area contributed by atoms with E-state index < -0.39 is 53.1 Å². The Labute approximate surface area is 175 Å². The van der Waals surface area contributed by atoms with Gasteiger partial charge in [-0.25, -0.2) is 9.18 Å². The van der Waals surface area contributed by atoms with Crippen molar-refractivity contribution in [1.82, 2.24) is 4.90 Å². The standard InChI is InChI=1S/C20H24F5NO5/c1-11-14(17(18(27)28)31-19(11,2)20(23,24)25)12-3-4-13(21)15(22)16(12)30-10-7-26-5-8-29-9-6-26/h3-4,11,14,17H,5-10H2,1-2H3,(H,27,28)/t11-,14-,17+,19+/m0/s1. The SMILES string of the molecule is C[C@H]1[C@@H](c2ccc(F)c(F)c2OCCN2CCOCC2)[C@H](C(=O)O)O[C@@]1(C)C(F)(F)F. The topological polar surface area (TPSA) is 68.2 Å². The van der Waals surface area contributed by atoms with Gasteiger partial charge in [0.2, 0.25) is 5.82 Å². The highest BCUT2D eigenvalue weighted by Gasteiger charge is 2.66. The van der Waals surface area contributed by atoms with Gasteiger partial charge < -0.3 is 19.3 Å². The zero-order chi connectivity index (χ0) is 23.0. The summed E-state index contributed by atoms with van der Waals surface area (Å²) in [4.78, 5) is 13.7. The highest BCUT2D eigenvalue weighted by molar-refractivity contribution is 5.75. The fraction of sp³-hybridized carbons (Fsp3) is 0.650. The first-order valence-corrected chi connectivity index (χ1v) is 9.85. The molecule has 0 amide bonds. The highest BCUT2D eigenvalue weighted by atomic mass is 19.4. The second kappa shape index (κ2) is 8.87. The Balaban J connectivity index is 1.92. The van der Waals surface area contributed by atoms with Gasteiger partial charge in [-0.3, -0.25) is 4.90 Å². The minimum Gasteiger partial charge on any atom is -0.489 e. The molecule has 1 aromatic carbocycles. The number of hydrogen-bond donors (Lipinski definition) is 1. The second-order valence-corrected chi connectivity index (χ2v) is 7.88. The Morgan fingerprint density at radius 3 is 2.52 bits per heavy atom. The van der Waals surface area contributed by atoms with Crippen molar-refractivity contribution in [3.63, 3.8) is 0 Å². The number of halogens is 5. The number of aliphatic carboxylic acids is 1. The first-order valence-electron chi connectivity index (χ1n) is 9.85. The van der Waals surface area contributed by atoms with Crippen LogP contribution < -0.4 is 4.74 Å². The third kappa shape index (κ3) is 4.49. The van der Waals surface area contributed by atoms with E-state index in [-0.39, 0.29) is 12.2 Å². The van der Waals surface area contributed by atoms with Crippen molar-refractivity contribution in [3.05, 3.63) is 29.3 Å². The molecule has 2 aliphatic heterocycles. The molecular weight excluding hydrogens is 429 g/mol. The van der Waals surface area contributed by atoms with Crippen LogP contribution in [0.5, 0.6) is 5.75 Å². The second-order valence-electron chi connectivity index (χ2n) is 7.88. The molecule has 0 unspecified atom stereocenters. The average Bonchev–Trinajstić information content (AvgIpc) is 2.99. The van der Waals surface area contributed by atoms with Crippen molar-refractivity contribution in [2.75, 3.05) is 39.5 Å². The zero-order valence-electron chi connectivity index (χ0n) is 17.0. The summed E-state index contributed by atoms with van der Waals surface area (Å²) >= 11 is 0. The van der Waals surface area contributed by atoms with Gasteiger partial charge in [0.1, 0.15) is 6.61 Å². The van der Waals surface area contributed by atoms with Gasteiger partial charge in [-0.1, -0.05) is 13.0 Å². The van der Waals surface area contributed by atoms with Crippen molar-refractivity contribution < 1.29 is 46.1 Å². The van der Waals surface area contributed by atoms with Crippen LogP contribution in [0.3, 0.4) is 0 Å². The molecule has 2 aliphatic rings. The number of morpholine rings is 1. The average molecular weight is 453 g/mol. The maximum absolute atomic E-state index is 14.6. The largest absolute Gasteiger partial charge is 0.489 e. The van der Waals surface area contributed by atoms with Gasteiger partial charge in [0.15, 0.2) is 23.3 Å². The van der Waals surface area contributed by atoms with E-state index >= 15 is 0 Å². The molecule has 2 heterocycles. The summed E-state index contributed by atoms with van der Waals surface area (Å²) in [6.45, 7) is 4.52. The Bertz CT molecular complexity index is 814. The summed E-state index contributed by atoms with van der Waals surface area (Å²) in [5.74, 6) is -7.66. The van der Waals surface area contributed by atoms with Crippen LogP contribution in [0, 0.1) is 17.6 Å². The number of rotatable bonds is 6. The van der Waals surface area contributed by atoms with Gasteiger partial charge in [0, 0.05) is 37.0 Å². The van der Waals surface area contributed by atoms with E-state index in [1.165, 1.54) is 6.92 Å². The van der Waals surface area contributed by atoms with Crippen LogP contribution in [0.2, 0.25) is 0 Å². The van der Waals surface area contributed by atoms with Crippen LogP contribution in [-0.4, -0.2) is 73.3 Å². The molecule has 31 heavy (non-hydrogen) atoms. The van der Waals surface area contributed by atoms with Gasteiger partial charge in [-0.2, -0.15) is 17.6 Å². The van der Waals surface area contributed by atoms with Crippen molar-refractivity contribution in [2.45, 2.75) is 37.6 Å². The molecule has 0 saturated carbocycles. The summed E-state index contributed by atoms with van der Waals surface area (Å²) in [7, 11) is 0. The summed E-state index contributed by atoms with van der Waals surface area (Å²) in [5.41, 5.74) is -2.95. The fourth-order valence-corrected chi connectivity index (χ4v) is 4.07. The molecule has 0 aromatic heterocycles. The maximum atomic E-state index is 14.6. The lowest BCUT2D eigenvalue weighted by Crippen LogP contribution is -2.47. The smallest absolute Gasteiger partial charge is 0.417 e. The summed E-state index contributed by atoms with van der Waals surface area (Å²) in [6, 6.07) is 1.81. The third-order valence-corrected chi connectivity index (χ3v) is 6.11. The van der Waals surface area contributed by atoms with Crippen molar-refractivity contribution in [3.8, 4) is 5.75 Å². The monoisotopic (exact) mass is 453 g/mol. The molecule has 0 aliphatic carbocycles. The third-order valence-electron chi connectivity index (χ3n) is 6.11. The number of benzene rings is 1. The Kier molecular flexibility index (Phi) is 6.78. The lowest BCUT2D eigenvalue weighted by atomic mass is 9.77. The lowest BCUT2D eigenvalue weighted by Gasteiger charge is -2.32. The molecule has 0 bridgehead atoms. The van der Waals surface area contributed by atoms with Gasteiger partial charge in [-0.15, -0.1) is 0 Å². The quantitative estimate of drug-likeness (QED) is 0.668. The van der Waals surface area contributed by atoms with Crippen LogP contribution in [0.1, 0.15) is 25.3 Å². The van der Waals surface area contributed by atoms with Crippen LogP contribution >= 0.6 is 0 Å². The minimum atomic E-state index is -4.87. The lowest BCUT2D eigenvalue weighted by molar-refractivity contribution is -0.273. The summed E-state index contributed by atoms with van der Waals surface area (Å²) < 4.78 is 85.2. The van der Waals surface area contributed by atoms with Gasteiger partial charge in [-0.05, 0) is 13.0 Å². The Morgan fingerprint density at radius 1 is 1.29 bits per heavy atom. The predicted molar refractivity (Wildman–Crippen MR) is 98.0 cm³/mol. The van der Waals surface area contributed by atoms with E-state index in [1.807, 2.05) is 4.90 Å².